The van der Waals surface area contributed by atoms with Crippen LogP contribution < -0.4 is 0 Å². The van der Waals surface area contributed by atoms with Crippen molar-refractivity contribution in [3.63, 3.8) is 0 Å². The van der Waals surface area contributed by atoms with Crippen LogP contribution in [0.25, 0.3) is 0 Å². The summed E-state index contributed by atoms with van der Waals surface area (Å²) < 4.78 is 6.05. The third kappa shape index (κ3) is 20.2. The number of ketones is 1. The molecule has 0 radical (unpaired) electrons. The van der Waals surface area contributed by atoms with Gasteiger partial charge in [-0.15, -0.1) is 0 Å². The number of unbranched alkanes of at least 4 members (excludes halogenated alkanes) is 15. The molecule has 0 heterocycles. The molecular formula is C25H50O2Si. The van der Waals surface area contributed by atoms with Crippen LogP contribution in [0.1, 0.15) is 124 Å². The van der Waals surface area contributed by atoms with Gasteiger partial charge in [0.2, 0.25) is 8.32 Å². The minimum atomic E-state index is -1.66. The van der Waals surface area contributed by atoms with E-state index in [1.807, 2.05) is 6.92 Å². The molecule has 166 valence electrons. The molecule has 0 aromatic heterocycles. The van der Waals surface area contributed by atoms with E-state index in [1.165, 1.54) is 109 Å². The molecule has 28 heavy (non-hydrogen) atoms. The summed E-state index contributed by atoms with van der Waals surface area (Å²) in [5, 5.41) is 0. The summed E-state index contributed by atoms with van der Waals surface area (Å²) in [4.78, 5) is 11.1. The minimum absolute atomic E-state index is 0.0738. The number of allylic oxidation sites excluding steroid dienone is 2. The molecule has 0 saturated heterocycles. The Morgan fingerprint density at radius 2 is 1.04 bits per heavy atom. The second-order valence-corrected chi connectivity index (χ2v) is 13.5. The summed E-state index contributed by atoms with van der Waals surface area (Å²) in [5.41, 5.74) is 0. The Morgan fingerprint density at radius 3 is 1.39 bits per heavy atom. The summed E-state index contributed by atoms with van der Waals surface area (Å²) in [6.45, 7) is 10.3. The first-order valence-electron chi connectivity index (χ1n) is 12.3. The number of rotatable bonds is 20. The zero-order valence-corrected chi connectivity index (χ0v) is 20.9. The van der Waals surface area contributed by atoms with Crippen LogP contribution >= 0.6 is 0 Å². The average molecular weight is 411 g/mol. The molecule has 0 fully saturated rings. The van der Waals surface area contributed by atoms with Gasteiger partial charge in [-0.25, -0.2) is 0 Å². The summed E-state index contributed by atoms with van der Waals surface area (Å²) in [6, 6.07) is 1.19. The molecule has 0 unspecified atom stereocenters. The van der Waals surface area contributed by atoms with Crippen LogP contribution in [0.3, 0.4) is 0 Å². The summed E-state index contributed by atoms with van der Waals surface area (Å²) >= 11 is 0. The van der Waals surface area contributed by atoms with E-state index >= 15 is 0 Å². The molecular weight excluding hydrogens is 360 g/mol. The topological polar surface area (TPSA) is 26.3 Å². The van der Waals surface area contributed by atoms with Crippen molar-refractivity contribution in [3.05, 3.63) is 11.8 Å². The van der Waals surface area contributed by atoms with Crippen molar-refractivity contribution < 1.29 is 9.22 Å². The molecule has 0 rings (SSSR count). The third-order valence-corrected chi connectivity index (χ3v) is 7.91. The van der Waals surface area contributed by atoms with Gasteiger partial charge in [0.15, 0.2) is 5.78 Å². The normalized spacial score (nSPS) is 12.4. The van der Waals surface area contributed by atoms with Crippen molar-refractivity contribution in [2.45, 2.75) is 143 Å². The predicted molar refractivity (Wildman–Crippen MR) is 127 cm³/mol. The first-order chi connectivity index (χ1) is 13.4. The highest BCUT2D eigenvalue weighted by Crippen LogP contribution is 2.20. The standard InChI is InChI=1S/C25H50O2Si/c1-6-7-8-9-10-11-12-13-14-15-16-17-18-19-20-21-22-28(4,5)27-25(3)23-24(2)26/h23H,6-22H2,1-5H3/b25-23+. The molecule has 0 aliphatic rings. The highest BCUT2D eigenvalue weighted by Gasteiger charge is 2.23. The van der Waals surface area contributed by atoms with Gasteiger partial charge in [-0.2, -0.15) is 0 Å². The van der Waals surface area contributed by atoms with Crippen molar-refractivity contribution >= 4 is 14.1 Å². The van der Waals surface area contributed by atoms with E-state index < -0.39 is 8.32 Å². The lowest BCUT2D eigenvalue weighted by Gasteiger charge is -2.24. The Morgan fingerprint density at radius 1 is 0.679 bits per heavy atom. The Hall–Kier alpha value is -0.573. The molecule has 2 nitrogen and oxygen atoms in total. The maximum Gasteiger partial charge on any atom is 0.244 e. The largest absolute Gasteiger partial charge is 0.547 e. The fraction of sp³-hybridized carbons (Fsp3) is 0.880. The third-order valence-electron chi connectivity index (χ3n) is 5.48. The number of carbonyl (C=O) groups excluding carboxylic acids is 1. The quantitative estimate of drug-likeness (QED) is 0.0866. The molecule has 0 amide bonds. The Labute approximate surface area is 178 Å². The maximum atomic E-state index is 11.1. The van der Waals surface area contributed by atoms with Crippen molar-refractivity contribution in [3.8, 4) is 0 Å². The van der Waals surface area contributed by atoms with Gasteiger partial charge >= 0.3 is 0 Å². The lowest BCUT2D eigenvalue weighted by molar-refractivity contribution is -0.112. The number of hydrogen-bond acceptors (Lipinski definition) is 2. The number of hydrogen-bond donors (Lipinski definition) is 0. The molecule has 0 N–H and O–H groups in total. The molecule has 0 saturated carbocycles. The average Bonchev–Trinajstić information content (AvgIpc) is 2.60. The van der Waals surface area contributed by atoms with Crippen LogP contribution in [0.4, 0.5) is 0 Å². The van der Waals surface area contributed by atoms with Crippen molar-refractivity contribution in [2.24, 2.45) is 0 Å². The molecule has 0 atom stereocenters. The zero-order valence-electron chi connectivity index (χ0n) is 19.9. The minimum Gasteiger partial charge on any atom is -0.547 e. The fourth-order valence-corrected chi connectivity index (χ4v) is 6.04. The smallest absolute Gasteiger partial charge is 0.244 e. The lowest BCUT2D eigenvalue weighted by Crippen LogP contribution is -2.29. The monoisotopic (exact) mass is 410 g/mol. The highest BCUT2D eigenvalue weighted by atomic mass is 28.4. The van der Waals surface area contributed by atoms with Crippen LogP contribution in [0, 0.1) is 0 Å². The first kappa shape index (κ1) is 27.4. The summed E-state index contributed by atoms with van der Waals surface area (Å²) in [5.74, 6) is 0.866. The second kappa shape index (κ2) is 18.5. The molecule has 0 aromatic carbocycles. The van der Waals surface area contributed by atoms with Gasteiger partial charge < -0.3 is 4.43 Å². The molecule has 3 heteroatoms. The first-order valence-corrected chi connectivity index (χ1v) is 15.4. The van der Waals surface area contributed by atoms with Crippen molar-refractivity contribution in [1.82, 2.24) is 0 Å². The van der Waals surface area contributed by atoms with Crippen LogP contribution in [0.5, 0.6) is 0 Å². The molecule has 0 aliphatic heterocycles. The van der Waals surface area contributed by atoms with E-state index in [-0.39, 0.29) is 5.78 Å². The predicted octanol–water partition coefficient (Wildman–Crippen LogP) is 8.96. The van der Waals surface area contributed by atoms with Crippen LogP contribution in [0.2, 0.25) is 19.1 Å². The summed E-state index contributed by atoms with van der Waals surface area (Å²) in [6.07, 6.45) is 24.2. The van der Waals surface area contributed by atoms with Crippen LogP contribution in [-0.4, -0.2) is 14.1 Å². The van der Waals surface area contributed by atoms with Gasteiger partial charge in [0.25, 0.3) is 0 Å². The van der Waals surface area contributed by atoms with Gasteiger partial charge in [0.05, 0.1) is 5.76 Å². The van der Waals surface area contributed by atoms with Crippen molar-refractivity contribution in [2.75, 3.05) is 0 Å². The SMILES string of the molecule is CCCCCCCCCCCCCCCCCC[Si](C)(C)O/C(C)=C/C(C)=O. The van der Waals surface area contributed by atoms with Crippen molar-refractivity contribution in [1.29, 1.82) is 0 Å². The number of carbonyl (C=O) groups is 1. The van der Waals surface area contributed by atoms with Crippen LogP contribution in [0.15, 0.2) is 11.8 Å². The van der Waals surface area contributed by atoms with E-state index in [0.717, 1.165) is 5.76 Å². The zero-order chi connectivity index (χ0) is 21.1. The van der Waals surface area contributed by atoms with E-state index in [0.29, 0.717) is 0 Å². The lowest BCUT2D eigenvalue weighted by atomic mass is 10.0. The fourth-order valence-electron chi connectivity index (χ4n) is 3.90. The maximum absolute atomic E-state index is 11.1. The Balaban J connectivity index is 3.38. The van der Waals surface area contributed by atoms with E-state index in [4.69, 9.17) is 4.43 Å². The molecule has 0 aliphatic carbocycles. The molecule has 0 spiro atoms. The van der Waals surface area contributed by atoms with Crippen LogP contribution in [-0.2, 0) is 9.22 Å². The van der Waals surface area contributed by atoms with E-state index in [9.17, 15) is 4.79 Å². The van der Waals surface area contributed by atoms with Gasteiger partial charge in [-0.1, -0.05) is 110 Å². The highest BCUT2D eigenvalue weighted by molar-refractivity contribution is 6.71. The van der Waals surface area contributed by atoms with Gasteiger partial charge in [-0.3, -0.25) is 4.79 Å². The van der Waals surface area contributed by atoms with E-state index in [1.54, 1.807) is 13.0 Å². The van der Waals surface area contributed by atoms with Gasteiger partial charge in [0.1, 0.15) is 0 Å². The molecule has 0 aromatic rings. The van der Waals surface area contributed by atoms with E-state index in [2.05, 4.69) is 20.0 Å². The second-order valence-electron chi connectivity index (χ2n) is 9.28. The Kier molecular flexibility index (Phi) is 18.1. The Bertz CT molecular complexity index is 401. The molecule has 0 bridgehead atoms. The van der Waals surface area contributed by atoms with Gasteiger partial charge in [0, 0.05) is 6.08 Å². The summed E-state index contributed by atoms with van der Waals surface area (Å²) in [7, 11) is -1.66. The van der Waals surface area contributed by atoms with Gasteiger partial charge in [-0.05, 0) is 33.0 Å².